The van der Waals surface area contributed by atoms with Crippen molar-refractivity contribution in [3.05, 3.63) is 24.0 Å². The number of carbonyl (C=O) groups is 1. The zero-order chi connectivity index (χ0) is 14.5. The summed E-state index contributed by atoms with van der Waals surface area (Å²) in [5.41, 5.74) is 0.434. The Balaban J connectivity index is 2.02. The summed E-state index contributed by atoms with van der Waals surface area (Å²) >= 11 is 0. The normalized spacial score (nSPS) is 19.4. The van der Waals surface area contributed by atoms with Gasteiger partial charge in [-0.15, -0.1) is 0 Å². The van der Waals surface area contributed by atoms with Gasteiger partial charge in [-0.25, -0.2) is 4.39 Å². The Hall–Kier alpha value is -1.92. The van der Waals surface area contributed by atoms with Crippen LogP contribution in [0.15, 0.2) is 18.2 Å². The summed E-state index contributed by atoms with van der Waals surface area (Å²) in [6.07, 6.45) is 1.91. The molecule has 1 fully saturated rings. The molecule has 110 valence electrons. The molecule has 1 heterocycles. The molecule has 0 aliphatic carbocycles. The third-order valence-corrected chi connectivity index (χ3v) is 3.00. The predicted molar refractivity (Wildman–Crippen MR) is 67.3 cm³/mol. The van der Waals surface area contributed by atoms with Crippen LogP contribution in [0.2, 0.25) is 0 Å². The lowest BCUT2D eigenvalue weighted by Gasteiger charge is -2.17. The second-order valence-electron chi connectivity index (χ2n) is 4.56. The fourth-order valence-electron chi connectivity index (χ4n) is 2.12. The van der Waals surface area contributed by atoms with E-state index in [0.717, 1.165) is 25.0 Å². The average molecular weight is 288 g/mol. The van der Waals surface area contributed by atoms with Gasteiger partial charge in [-0.3, -0.25) is 4.79 Å². The van der Waals surface area contributed by atoms with Crippen molar-refractivity contribution in [1.82, 2.24) is 5.32 Å². The van der Waals surface area contributed by atoms with E-state index in [2.05, 4.69) is 15.4 Å². The van der Waals surface area contributed by atoms with E-state index in [9.17, 15) is 18.0 Å². The topological polar surface area (TPSA) is 50.4 Å². The fraction of sp³-hybridized carbons (Fsp3) is 0.462. The molecule has 0 bridgehead atoms. The summed E-state index contributed by atoms with van der Waals surface area (Å²) in [4.78, 5) is 11.4. The minimum absolute atomic E-state index is 0.0573. The Morgan fingerprint density at radius 3 is 2.90 bits per heavy atom. The number of amides is 1. The Bertz CT molecular complexity index is 483. The number of benzene rings is 1. The molecule has 1 saturated heterocycles. The molecule has 2 N–H and O–H groups in total. The van der Waals surface area contributed by atoms with E-state index < -0.39 is 18.2 Å². The maximum atomic E-state index is 13.5. The minimum Gasteiger partial charge on any atom is -0.432 e. The molecule has 1 aromatic carbocycles. The highest BCUT2D eigenvalue weighted by atomic mass is 19.3. The van der Waals surface area contributed by atoms with E-state index in [1.807, 2.05) is 0 Å². The highest BCUT2D eigenvalue weighted by molar-refractivity contribution is 5.77. The van der Waals surface area contributed by atoms with E-state index in [1.54, 1.807) is 0 Å². The largest absolute Gasteiger partial charge is 0.432 e. The average Bonchev–Trinajstić information content (AvgIpc) is 2.57. The van der Waals surface area contributed by atoms with Gasteiger partial charge in [-0.05, 0) is 25.0 Å². The van der Waals surface area contributed by atoms with Gasteiger partial charge >= 0.3 is 6.61 Å². The lowest BCUT2D eigenvalue weighted by molar-refractivity contribution is -0.120. The zero-order valence-corrected chi connectivity index (χ0v) is 10.7. The maximum Gasteiger partial charge on any atom is 0.387 e. The van der Waals surface area contributed by atoms with Crippen molar-refractivity contribution in [2.45, 2.75) is 31.9 Å². The third-order valence-electron chi connectivity index (χ3n) is 3.00. The first-order chi connectivity index (χ1) is 9.54. The lowest BCUT2D eigenvalue weighted by Crippen LogP contribution is -2.26. The van der Waals surface area contributed by atoms with Gasteiger partial charge in [0.2, 0.25) is 5.91 Å². The minimum atomic E-state index is -3.06. The molecule has 0 aromatic heterocycles. The number of rotatable bonds is 4. The Kier molecular flexibility index (Phi) is 4.70. The van der Waals surface area contributed by atoms with Crippen LogP contribution in [0, 0.1) is 5.82 Å². The summed E-state index contributed by atoms with van der Waals surface area (Å²) in [5, 5.41) is 5.77. The third kappa shape index (κ3) is 4.04. The van der Waals surface area contributed by atoms with Crippen LogP contribution in [0.3, 0.4) is 0 Å². The van der Waals surface area contributed by atoms with E-state index in [0.29, 0.717) is 18.7 Å². The van der Waals surface area contributed by atoms with Crippen molar-refractivity contribution < 1.29 is 22.7 Å². The van der Waals surface area contributed by atoms with Gasteiger partial charge in [0.15, 0.2) is 11.6 Å². The van der Waals surface area contributed by atoms with Gasteiger partial charge in [0.05, 0.1) is 0 Å². The van der Waals surface area contributed by atoms with Gasteiger partial charge in [0.25, 0.3) is 0 Å². The van der Waals surface area contributed by atoms with Crippen LogP contribution in [-0.2, 0) is 4.79 Å². The SMILES string of the molecule is O=C1CC(Nc2ccc(OC(F)F)c(F)c2)CCCN1. The van der Waals surface area contributed by atoms with Gasteiger partial charge in [-0.1, -0.05) is 0 Å². The summed E-state index contributed by atoms with van der Waals surface area (Å²) < 4.78 is 41.6. The zero-order valence-electron chi connectivity index (χ0n) is 10.7. The Labute approximate surface area is 114 Å². The number of hydrogen-bond donors (Lipinski definition) is 2. The standard InChI is InChI=1S/C13H15F3N2O2/c14-10-6-9(3-4-11(10)20-13(15)16)18-8-2-1-5-17-12(19)7-8/h3-4,6,8,13,18H,1-2,5,7H2,(H,17,19). The Morgan fingerprint density at radius 2 is 2.20 bits per heavy atom. The van der Waals surface area contributed by atoms with Crippen molar-refractivity contribution in [2.75, 3.05) is 11.9 Å². The van der Waals surface area contributed by atoms with Crippen molar-refractivity contribution in [3.8, 4) is 5.75 Å². The number of halogens is 3. The van der Waals surface area contributed by atoms with Gasteiger partial charge in [-0.2, -0.15) is 8.78 Å². The molecule has 0 spiro atoms. The molecule has 1 aliphatic rings. The Morgan fingerprint density at radius 1 is 1.40 bits per heavy atom. The molecule has 1 atom stereocenters. The summed E-state index contributed by atoms with van der Waals surface area (Å²) in [7, 11) is 0. The molecular formula is C13H15F3N2O2. The number of nitrogens with one attached hydrogen (secondary N) is 2. The van der Waals surface area contributed by atoms with E-state index in [-0.39, 0.29) is 11.9 Å². The second kappa shape index (κ2) is 6.49. The first kappa shape index (κ1) is 14.5. The molecule has 4 nitrogen and oxygen atoms in total. The quantitative estimate of drug-likeness (QED) is 0.895. The van der Waals surface area contributed by atoms with Crippen molar-refractivity contribution in [1.29, 1.82) is 0 Å². The first-order valence-electron chi connectivity index (χ1n) is 6.32. The number of alkyl halides is 2. The van der Waals surface area contributed by atoms with Crippen LogP contribution in [0.5, 0.6) is 5.75 Å². The molecule has 0 saturated carbocycles. The number of ether oxygens (including phenoxy) is 1. The molecule has 0 radical (unpaired) electrons. The van der Waals surface area contributed by atoms with Crippen LogP contribution in [0.4, 0.5) is 18.9 Å². The van der Waals surface area contributed by atoms with Crippen molar-refractivity contribution >= 4 is 11.6 Å². The molecule has 7 heteroatoms. The van der Waals surface area contributed by atoms with E-state index >= 15 is 0 Å². The molecule has 2 rings (SSSR count). The number of anilines is 1. The molecule has 1 aromatic rings. The van der Waals surface area contributed by atoms with Crippen molar-refractivity contribution in [2.24, 2.45) is 0 Å². The molecule has 1 aliphatic heterocycles. The molecule has 1 amide bonds. The maximum absolute atomic E-state index is 13.5. The number of carbonyl (C=O) groups excluding carboxylic acids is 1. The van der Waals surface area contributed by atoms with Crippen LogP contribution in [-0.4, -0.2) is 25.1 Å². The molecule has 1 unspecified atom stereocenters. The monoisotopic (exact) mass is 288 g/mol. The van der Waals surface area contributed by atoms with Crippen LogP contribution < -0.4 is 15.4 Å². The first-order valence-corrected chi connectivity index (χ1v) is 6.32. The molecule has 20 heavy (non-hydrogen) atoms. The number of hydrogen-bond acceptors (Lipinski definition) is 3. The van der Waals surface area contributed by atoms with Crippen LogP contribution in [0.25, 0.3) is 0 Å². The predicted octanol–water partition coefficient (Wildman–Crippen LogP) is 2.51. The van der Waals surface area contributed by atoms with E-state index in [1.165, 1.54) is 6.07 Å². The van der Waals surface area contributed by atoms with Crippen LogP contribution in [0.1, 0.15) is 19.3 Å². The highest BCUT2D eigenvalue weighted by Crippen LogP contribution is 2.24. The van der Waals surface area contributed by atoms with Crippen LogP contribution >= 0.6 is 0 Å². The summed E-state index contributed by atoms with van der Waals surface area (Å²) in [6, 6.07) is 3.57. The summed E-state index contributed by atoms with van der Waals surface area (Å²) in [6.45, 7) is -2.43. The van der Waals surface area contributed by atoms with Gasteiger partial charge < -0.3 is 15.4 Å². The smallest absolute Gasteiger partial charge is 0.387 e. The highest BCUT2D eigenvalue weighted by Gasteiger charge is 2.18. The van der Waals surface area contributed by atoms with E-state index in [4.69, 9.17) is 0 Å². The lowest BCUT2D eigenvalue weighted by atomic mass is 10.1. The van der Waals surface area contributed by atoms with Gasteiger partial charge in [0.1, 0.15) is 0 Å². The van der Waals surface area contributed by atoms with Crippen molar-refractivity contribution in [3.63, 3.8) is 0 Å². The molecular weight excluding hydrogens is 273 g/mol. The van der Waals surface area contributed by atoms with Gasteiger partial charge in [0, 0.05) is 30.8 Å². The summed E-state index contributed by atoms with van der Waals surface area (Å²) in [5.74, 6) is -1.42. The fourth-order valence-corrected chi connectivity index (χ4v) is 2.12. The second-order valence-corrected chi connectivity index (χ2v) is 4.56.